The van der Waals surface area contributed by atoms with Crippen LogP contribution in [0.1, 0.15) is 121 Å². The maximum Gasteiger partial charge on any atom is 0.376 e. The number of likely N-dealkylation sites (tertiary alicyclic amines) is 2. The summed E-state index contributed by atoms with van der Waals surface area (Å²) in [5, 5.41) is 31.9. The summed E-state index contributed by atoms with van der Waals surface area (Å²) >= 11 is 5.48. The summed E-state index contributed by atoms with van der Waals surface area (Å²) in [6.45, 7) is 12.9. The summed E-state index contributed by atoms with van der Waals surface area (Å²) in [6, 6.07) is 40.3. The quantitative estimate of drug-likeness (QED) is 0.0351. The third kappa shape index (κ3) is 20.1. The number of carbonyl (C=O) groups is 6. The molecule has 472 valence electrons. The lowest BCUT2D eigenvalue weighted by molar-refractivity contribution is -0.167. The van der Waals surface area contributed by atoms with Gasteiger partial charge >= 0.3 is 30.9 Å². The normalized spacial score (nSPS) is 17.7. The van der Waals surface area contributed by atoms with Gasteiger partial charge in [-0.2, -0.15) is 0 Å². The highest BCUT2D eigenvalue weighted by atomic mass is 35.5. The van der Waals surface area contributed by atoms with Crippen LogP contribution in [0.4, 0.5) is 0 Å². The van der Waals surface area contributed by atoms with Crippen LogP contribution in [0.25, 0.3) is 0 Å². The molecule has 0 bridgehead atoms. The van der Waals surface area contributed by atoms with Crippen molar-refractivity contribution in [3.8, 4) is 0 Å². The second-order valence-corrected chi connectivity index (χ2v) is 22.6. The van der Waals surface area contributed by atoms with E-state index in [1.165, 1.54) is 44.8 Å². The number of ether oxygens (including phenoxy) is 4. The Labute approximate surface area is 521 Å². The third-order valence-corrected chi connectivity index (χ3v) is 16.5. The number of benzene rings is 4. The first-order chi connectivity index (χ1) is 42.2. The van der Waals surface area contributed by atoms with E-state index in [-0.39, 0.29) is 12.1 Å². The topological polar surface area (TPSA) is 257 Å². The van der Waals surface area contributed by atoms with E-state index >= 15 is 0 Å². The molecule has 6 aromatic rings. The zero-order chi connectivity index (χ0) is 63.7. The Balaban J connectivity index is 0.000000179. The van der Waals surface area contributed by atoms with Crippen molar-refractivity contribution in [2.75, 3.05) is 73.7 Å². The minimum absolute atomic E-state index is 0.0430. The Kier molecular flexibility index (Phi) is 27.2. The predicted octanol–water partition coefficient (Wildman–Crippen LogP) is 6.95. The van der Waals surface area contributed by atoms with E-state index in [9.17, 15) is 44.0 Å². The molecule has 2 atom stereocenters. The van der Waals surface area contributed by atoms with Crippen LogP contribution in [-0.2, 0) is 51.2 Å². The van der Waals surface area contributed by atoms with Crippen molar-refractivity contribution in [3.63, 3.8) is 0 Å². The standard InChI is InChI=1S/C19H23N3O4.C14H19NO3.C12H11ClN2O.C12H15NO.C8H16BNO4/c1-14(15-6-4-3-5-7-15)22-13-21-12-16(22)17(23)26-19(18(24)25-2)8-10-20-11-9-19;1-18-13(16)14(17)7-9-15(10-8-14)11-12-5-3-2-4-6-12;1-9(10-5-3-2-4-6-10)15-8-14-7-11(15)12(13)16;14-12-6-8-13(9-7-12)10-11-4-2-1-3-5-11;1-9(13)10-5-3-8(12,4-6-10)7(11)14-2/h3-7,12-14,20H,8-11H2,1-2H3;2-6,17H,7-11H2,1H3;2-9H,1H3;1-5H,6-10H2;12-13H,3-6H2,1-2H3/t14-;;9-;;/m1.1../s1. The molecule has 0 spiro atoms. The number of halogens is 1. The summed E-state index contributed by atoms with van der Waals surface area (Å²) in [7, 11) is 3.36. The SMILES string of the molecule is COC(=O)C1(O)CCN(B(C)O)CC1.COC(=O)C1(O)CCN(Cc2ccccc2)CC1.COC(=O)C1(OC(=O)c2cncn2[C@H](C)c2ccccc2)CCNCC1.C[C@H](c1ccccc1)n1cncc1C(=O)Cl.O=C1CCN(Cc2ccccc2)CC1. The number of aromatic nitrogens is 4. The molecule has 0 saturated carbocycles. The van der Waals surface area contributed by atoms with Crippen LogP contribution < -0.4 is 5.32 Å². The number of carbonyl (C=O) groups excluding carboxylic acids is 6. The maximum absolute atomic E-state index is 12.8. The van der Waals surface area contributed by atoms with Crippen molar-refractivity contribution in [2.24, 2.45) is 0 Å². The van der Waals surface area contributed by atoms with Crippen LogP contribution in [0.2, 0.25) is 6.82 Å². The van der Waals surface area contributed by atoms with Gasteiger partial charge in [0.15, 0.2) is 11.2 Å². The molecule has 4 N–H and O–H groups in total. The summed E-state index contributed by atoms with van der Waals surface area (Å²) in [4.78, 5) is 84.4. The molecule has 0 aliphatic carbocycles. The second-order valence-electron chi connectivity index (χ2n) is 22.2. The molecule has 0 unspecified atom stereocenters. The zero-order valence-corrected chi connectivity index (χ0v) is 52.0. The average molecular weight is 1230 g/mol. The summed E-state index contributed by atoms with van der Waals surface area (Å²) < 4.78 is 23.3. The summed E-state index contributed by atoms with van der Waals surface area (Å²) in [6.07, 6.45) is 9.88. The van der Waals surface area contributed by atoms with Crippen molar-refractivity contribution >= 4 is 53.6 Å². The van der Waals surface area contributed by atoms with Gasteiger partial charge in [0.1, 0.15) is 17.2 Å². The van der Waals surface area contributed by atoms with Crippen LogP contribution in [0, 0.1) is 0 Å². The molecule has 4 aromatic carbocycles. The number of Topliss-reactive ketones (excluding diaryl/α,β-unsaturated/α-hetero) is 1. The second kappa shape index (κ2) is 34.4. The molecule has 0 radical (unpaired) electrons. The number of rotatable bonds is 15. The number of nitrogens with one attached hydrogen (secondary N) is 1. The first-order valence-corrected chi connectivity index (χ1v) is 30.1. The Bertz CT molecular complexity index is 3110. The Morgan fingerprint density at radius 3 is 1.38 bits per heavy atom. The molecule has 4 saturated heterocycles. The fourth-order valence-electron chi connectivity index (χ4n) is 10.7. The number of hydrogen-bond acceptors (Lipinski definition) is 19. The van der Waals surface area contributed by atoms with E-state index in [2.05, 4.69) is 71.0 Å². The van der Waals surface area contributed by atoms with E-state index in [1.54, 1.807) is 33.4 Å². The minimum atomic E-state index is -1.36. The number of imidazole rings is 2. The fourth-order valence-corrected chi connectivity index (χ4v) is 10.8. The van der Waals surface area contributed by atoms with Crippen molar-refractivity contribution in [3.05, 3.63) is 180 Å². The summed E-state index contributed by atoms with van der Waals surface area (Å²) in [5.74, 6) is -1.77. The number of methoxy groups -OCH3 is 3. The Hall–Kier alpha value is -7.41. The number of piperidine rings is 4. The van der Waals surface area contributed by atoms with Crippen molar-refractivity contribution in [1.82, 2.24) is 39.0 Å². The van der Waals surface area contributed by atoms with Crippen molar-refractivity contribution < 1.29 is 63.0 Å². The first-order valence-electron chi connectivity index (χ1n) is 29.7. The highest BCUT2D eigenvalue weighted by Crippen LogP contribution is 2.29. The van der Waals surface area contributed by atoms with Crippen LogP contribution in [-0.4, -0.2) is 181 Å². The number of hydrogen-bond donors (Lipinski definition) is 4. The van der Waals surface area contributed by atoms with Gasteiger partial charge in [0, 0.05) is 65.0 Å². The Morgan fingerprint density at radius 2 is 0.966 bits per heavy atom. The first kappa shape index (κ1) is 69.7. The predicted molar refractivity (Wildman–Crippen MR) is 333 cm³/mol. The fraction of sp³-hybridized carbons (Fsp3) is 0.446. The van der Waals surface area contributed by atoms with Gasteiger partial charge in [-0.1, -0.05) is 121 Å². The molecule has 0 amide bonds. The molecule has 2 aromatic heterocycles. The van der Waals surface area contributed by atoms with Crippen molar-refractivity contribution in [2.45, 2.75) is 114 Å². The molecule has 6 heterocycles. The Morgan fingerprint density at radius 1 is 0.580 bits per heavy atom. The molecule has 10 rings (SSSR count). The molecule has 4 aliphatic heterocycles. The van der Waals surface area contributed by atoms with E-state index in [4.69, 9.17) is 21.1 Å². The van der Waals surface area contributed by atoms with Gasteiger partial charge in [0.05, 0.1) is 58.5 Å². The van der Waals surface area contributed by atoms with E-state index in [0.717, 1.165) is 50.1 Å². The smallest absolute Gasteiger partial charge is 0.376 e. The molecule has 88 heavy (non-hydrogen) atoms. The van der Waals surface area contributed by atoms with Gasteiger partial charge in [0.2, 0.25) is 5.60 Å². The van der Waals surface area contributed by atoms with Gasteiger partial charge < -0.3 is 53.4 Å². The highest BCUT2D eigenvalue weighted by molar-refractivity contribution is 6.67. The van der Waals surface area contributed by atoms with Gasteiger partial charge in [-0.25, -0.2) is 29.1 Å². The summed E-state index contributed by atoms with van der Waals surface area (Å²) in [5.41, 5.74) is 1.57. The minimum Gasteiger partial charge on any atom is -0.467 e. The molecule has 23 heteroatoms. The average Bonchev–Trinajstić information content (AvgIpc) is 3.84. The van der Waals surface area contributed by atoms with Gasteiger partial charge in [0.25, 0.3) is 5.24 Å². The molecule has 4 aliphatic rings. The van der Waals surface area contributed by atoms with Crippen LogP contribution in [0.3, 0.4) is 0 Å². The van der Waals surface area contributed by atoms with E-state index < -0.39 is 53.0 Å². The van der Waals surface area contributed by atoms with Crippen molar-refractivity contribution in [1.29, 1.82) is 0 Å². The number of ketones is 1. The van der Waals surface area contributed by atoms with Gasteiger partial charge in [-0.15, -0.1) is 0 Å². The van der Waals surface area contributed by atoms with Crippen LogP contribution >= 0.6 is 11.6 Å². The lowest BCUT2D eigenvalue weighted by Gasteiger charge is -2.36. The molecular formula is C65H84BClN8O13. The van der Waals surface area contributed by atoms with E-state index in [1.807, 2.05) is 98.8 Å². The molecular weight excluding hydrogens is 1150 g/mol. The lowest BCUT2D eigenvalue weighted by Crippen LogP contribution is -2.53. The third-order valence-electron chi connectivity index (χ3n) is 16.3. The van der Waals surface area contributed by atoms with Crippen LogP contribution in [0.5, 0.6) is 0 Å². The molecule has 21 nitrogen and oxygen atoms in total. The lowest BCUT2D eigenvalue weighted by atomic mass is 9.79. The number of aliphatic hydroxyl groups is 2. The monoisotopic (exact) mass is 1230 g/mol. The van der Waals surface area contributed by atoms with Gasteiger partial charge in [-0.3, -0.25) is 19.4 Å². The number of esters is 4. The van der Waals surface area contributed by atoms with Crippen LogP contribution in [0.15, 0.2) is 146 Å². The van der Waals surface area contributed by atoms with Gasteiger partial charge in [-0.05, 0) is 106 Å². The molecule has 4 fully saturated rings. The highest BCUT2D eigenvalue weighted by Gasteiger charge is 2.46. The number of nitrogens with zero attached hydrogens (tertiary/aromatic N) is 7. The zero-order valence-electron chi connectivity index (χ0n) is 51.2. The maximum atomic E-state index is 12.8. The van der Waals surface area contributed by atoms with E-state index in [0.29, 0.717) is 95.0 Å². The largest absolute Gasteiger partial charge is 0.467 e.